The summed E-state index contributed by atoms with van der Waals surface area (Å²) in [6.45, 7) is 2.30. The van der Waals surface area contributed by atoms with E-state index in [1.807, 2.05) is 13.0 Å². The van der Waals surface area contributed by atoms with Crippen molar-refractivity contribution in [3.8, 4) is 23.0 Å². The lowest BCUT2D eigenvalue weighted by Gasteiger charge is -2.12. The largest absolute Gasteiger partial charge is 0.352 e. The molecule has 0 aliphatic carbocycles. The minimum atomic E-state index is -0.621. The van der Waals surface area contributed by atoms with E-state index in [0.717, 1.165) is 4.57 Å². The number of aryl methyl sites for hydroxylation is 1. The van der Waals surface area contributed by atoms with Crippen molar-refractivity contribution >= 4 is 0 Å². The Hall–Kier alpha value is -2.90. The zero-order valence-electron chi connectivity index (χ0n) is 11.5. The first-order chi connectivity index (χ1) is 10.1. The van der Waals surface area contributed by atoms with Crippen LogP contribution < -0.4 is 11.2 Å². The van der Waals surface area contributed by atoms with Crippen LogP contribution in [0.5, 0.6) is 0 Å². The minimum Gasteiger partial charge on any atom is -0.267 e. The molecule has 106 valence electrons. The topological polar surface area (TPSA) is 95.6 Å². The number of hydrogen-bond acceptors (Lipinski definition) is 6. The normalized spacial score (nSPS) is 11.0. The molecule has 0 aromatic carbocycles. The lowest BCUT2D eigenvalue weighted by atomic mass is 10.3. The Kier molecular flexibility index (Phi) is 3.05. The predicted octanol–water partition coefficient (Wildman–Crippen LogP) is -0.0813. The van der Waals surface area contributed by atoms with Crippen LogP contribution in [0.3, 0.4) is 0 Å². The molecule has 0 unspecified atom stereocenters. The second kappa shape index (κ2) is 4.89. The molecule has 0 bridgehead atoms. The van der Waals surface area contributed by atoms with Gasteiger partial charge >= 0.3 is 5.69 Å². The highest BCUT2D eigenvalue weighted by Gasteiger charge is 2.20. The third kappa shape index (κ3) is 2.10. The van der Waals surface area contributed by atoms with Crippen LogP contribution in [0.25, 0.3) is 23.0 Å². The molecule has 3 heterocycles. The maximum absolute atomic E-state index is 12.2. The van der Waals surface area contributed by atoms with Gasteiger partial charge in [0.05, 0.1) is 0 Å². The summed E-state index contributed by atoms with van der Waals surface area (Å²) < 4.78 is 2.41. The summed E-state index contributed by atoms with van der Waals surface area (Å²) in [7, 11) is 1.37. The molecule has 0 amide bonds. The van der Waals surface area contributed by atoms with Gasteiger partial charge in [0, 0.05) is 19.8 Å². The van der Waals surface area contributed by atoms with Crippen LogP contribution in [0.1, 0.15) is 6.92 Å². The Morgan fingerprint density at radius 2 is 2.00 bits per heavy atom. The molecule has 8 heteroatoms. The monoisotopic (exact) mass is 284 g/mol. The van der Waals surface area contributed by atoms with Gasteiger partial charge in [-0.2, -0.15) is 4.98 Å². The Morgan fingerprint density at radius 3 is 2.67 bits per heavy atom. The molecule has 3 rings (SSSR count). The van der Waals surface area contributed by atoms with Gasteiger partial charge in [-0.15, -0.1) is 5.10 Å². The first kappa shape index (κ1) is 13.1. The fourth-order valence-electron chi connectivity index (χ4n) is 1.95. The van der Waals surface area contributed by atoms with Gasteiger partial charge in [-0.05, 0) is 19.1 Å². The smallest absolute Gasteiger partial charge is 0.267 e. The summed E-state index contributed by atoms with van der Waals surface area (Å²) in [4.78, 5) is 36.1. The van der Waals surface area contributed by atoms with E-state index in [4.69, 9.17) is 0 Å². The number of hydrogen-bond donors (Lipinski definition) is 0. The van der Waals surface area contributed by atoms with E-state index in [2.05, 4.69) is 20.1 Å². The molecule has 8 nitrogen and oxygen atoms in total. The number of rotatable bonds is 2. The van der Waals surface area contributed by atoms with Gasteiger partial charge in [0.25, 0.3) is 5.56 Å². The van der Waals surface area contributed by atoms with Crippen molar-refractivity contribution in [3.05, 3.63) is 45.2 Å². The molecule has 2 aliphatic heterocycles. The second-order valence-corrected chi connectivity index (χ2v) is 4.40. The van der Waals surface area contributed by atoms with Crippen molar-refractivity contribution in [1.29, 1.82) is 0 Å². The maximum Gasteiger partial charge on any atom is 0.352 e. The lowest BCUT2D eigenvalue weighted by molar-refractivity contribution is 0.612. The van der Waals surface area contributed by atoms with Crippen molar-refractivity contribution in [2.75, 3.05) is 0 Å². The molecule has 0 atom stereocenters. The van der Waals surface area contributed by atoms with E-state index in [9.17, 15) is 9.59 Å². The zero-order chi connectivity index (χ0) is 15.0. The summed E-state index contributed by atoms with van der Waals surface area (Å²) in [6.07, 6.45) is 1.62. The van der Waals surface area contributed by atoms with E-state index in [1.54, 1.807) is 18.3 Å². The molecule has 0 saturated heterocycles. The quantitative estimate of drug-likeness (QED) is 0.653. The molecule has 0 radical (unpaired) electrons. The van der Waals surface area contributed by atoms with E-state index in [0.29, 0.717) is 18.1 Å². The summed E-state index contributed by atoms with van der Waals surface area (Å²) in [5.74, 6) is 0.507. The van der Waals surface area contributed by atoms with Gasteiger partial charge in [0.1, 0.15) is 5.69 Å². The van der Waals surface area contributed by atoms with Gasteiger partial charge in [-0.3, -0.25) is 14.3 Å². The maximum atomic E-state index is 12.2. The minimum absolute atomic E-state index is 0.106. The average Bonchev–Trinajstić information content (AvgIpc) is 2.53. The zero-order valence-corrected chi connectivity index (χ0v) is 11.5. The molecular formula is C13H12N6O2. The molecule has 1 aromatic rings. The highest BCUT2D eigenvalue weighted by Crippen LogP contribution is 2.16. The third-order valence-electron chi connectivity index (χ3n) is 3.08. The van der Waals surface area contributed by atoms with Gasteiger partial charge in [0.15, 0.2) is 17.3 Å². The van der Waals surface area contributed by atoms with Gasteiger partial charge < -0.3 is 0 Å². The molecule has 0 N–H and O–H groups in total. The molecule has 21 heavy (non-hydrogen) atoms. The summed E-state index contributed by atoms with van der Waals surface area (Å²) >= 11 is 0. The Balaban J connectivity index is 2.39. The van der Waals surface area contributed by atoms with Crippen molar-refractivity contribution in [2.45, 2.75) is 13.5 Å². The van der Waals surface area contributed by atoms with Crippen LogP contribution in [0, 0.1) is 0 Å². The molecular weight excluding hydrogens is 272 g/mol. The molecule has 1 aromatic heterocycles. The van der Waals surface area contributed by atoms with Crippen LogP contribution in [-0.2, 0) is 13.6 Å². The van der Waals surface area contributed by atoms with E-state index in [-0.39, 0.29) is 11.5 Å². The van der Waals surface area contributed by atoms with Crippen molar-refractivity contribution < 1.29 is 0 Å². The molecule has 0 spiro atoms. The van der Waals surface area contributed by atoms with E-state index >= 15 is 0 Å². The SMILES string of the molecule is CCn1nc(-c2ccccn2)nc2c(=O)n(C)c(=O)nc1-2. The summed E-state index contributed by atoms with van der Waals surface area (Å²) in [5.41, 5.74) is -0.458. The summed E-state index contributed by atoms with van der Waals surface area (Å²) in [5, 5.41) is 4.30. The molecule has 2 aliphatic rings. The highest BCUT2D eigenvalue weighted by atomic mass is 16.2. The van der Waals surface area contributed by atoms with Crippen molar-refractivity contribution in [2.24, 2.45) is 7.05 Å². The molecule has 0 saturated carbocycles. The fraction of sp³-hybridized carbons (Fsp3) is 0.231. The number of nitrogens with zero attached hydrogens (tertiary/aromatic N) is 6. The van der Waals surface area contributed by atoms with Crippen LogP contribution in [0.2, 0.25) is 0 Å². The number of pyridine rings is 1. The Labute approximate surface area is 119 Å². The average molecular weight is 284 g/mol. The van der Waals surface area contributed by atoms with Gasteiger partial charge in [-0.1, -0.05) is 6.07 Å². The second-order valence-electron chi connectivity index (χ2n) is 4.40. The van der Waals surface area contributed by atoms with Crippen LogP contribution >= 0.6 is 0 Å². The molecule has 0 fully saturated rings. The lowest BCUT2D eigenvalue weighted by Crippen LogP contribution is -2.37. The van der Waals surface area contributed by atoms with Gasteiger partial charge in [-0.25, -0.2) is 14.5 Å². The van der Waals surface area contributed by atoms with Crippen LogP contribution in [-0.4, -0.2) is 29.3 Å². The van der Waals surface area contributed by atoms with Crippen molar-refractivity contribution in [1.82, 2.24) is 29.3 Å². The number of aromatic nitrogens is 6. The first-order valence-corrected chi connectivity index (χ1v) is 6.39. The van der Waals surface area contributed by atoms with Crippen molar-refractivity contribution in [3.63, 3.8) is 0 Å². The first-order valence-electron chi connectivity index (χ1n) is 6.39. The number of fused-ring (bicyclic) bond motifs is 1. The van der Waals surface area contributed by atoms with Gasteiger partial charge in [0.2, 0.25) is 0 Å². The van der Waals surface area contributed by atoms with Crippen LogP contribution in [0.15, 0.2) is 34.0 Å². The standard InChI is InChI=1S/C13H12N6O2/c1-3-19-11-9(12(20)18(2)13(21)16-11)15-10(17-19)8-6-4-5-7-14-8/h4-7H,3H2,1-2H3. The Morgan fingerprint density at radius 1 is 1.19 bits per heavy atom. The van der Waals surface area contributed by atoms with E-state index < -0.39 is 11.2 Å². The predicted molar refractivity (Wildman–Crippen MR) is 74.9 cm³/mol. The third-order valence-corrected chi connectivity index (χ3v) is 3.08. The highest BCUT2D eigenvalue weighted by molar-refractivity contribution is 5.55. The fourth-order valence-corrected chi connectivity index (χ4v) is 1.95. The Bertz CT molecular complexity index is 884. The van der Waals surface area contributed by atoms with E-state index in [1.165, 1.54) is 11.7 Å². The summed E-state index contributed by atoms with van der Waals surface area (Å²) in [6, 6.07) is 5.34. The van der Waals surface area contributed by atoms with Crippen LogP contribution in [0.4, 0.5) is 0 Å².